The fourth-order valence-corrected chi connectivity index (χ4v) is 2.85. The molecule has 1 amide bonds. The van der Waals surface area contributed by atoms with Gasteiger partial charge in [0.25, 0.3) is 11.6 Å². The van der Waals surface area contributed by atoms with Crippen LogP contribution >= 0.6 is 11.6 Å². The van der Waals surface area contributed by atoms with Crippen LogP contribution in [0.25, 0.3) is 0 Å². The van der Waals surface area contributed by atoms with Gasteiger partial charge in [-0.15, -0.1) is 0 Å². The van der Waals surface area contributed by atoms with Crippen molar-refractivity contribution in [3.8, 4) is 0 Å². The first kappa shape index (κ1) is 15.7. The third-order valence-corrected chi connectivity index (χ3v) is 4.23. The zero-order valence-corrected chi connectivity index (χ0v) is 12.5. The molecule has 1 fully saturated rings. The number of hydrogen-bond donors (Lipinski definition) is 1. The lowest BCUT2D eigenvalue weighted by molar-refractivity contribution is -0.385. The van der Waals surface area contributed by atoms with E-state index in [0.29, 0.717) is 24.5 Å². The molecule has 2 rings (SSSR count). The van der Waals surface area contributed by atoms with E-state index in [-0.39, 0.29) is 29.1 Å². The van der Waals surface area contributed by atoms with Crippen molar-refractivity contribution < 1.29 is 9.72 Å². The number of piperidine rings is 1. The molecule has 1 aliphatic heterocycles. The van der Waals surface area contributed by atoms with Crippen LogP contribution in [0, 0.1) is 16.0 Å². The molecule has 21 heavy (non-hydrogen) atoms. The van der Waals surface area contributed by atoms with Crippen LogP contribution in [0.2, 0.25) is 5.02 Å². The number of likely N-dealkylation sites (tertiary alicyclic amines) is 1. The summed E-state index contributed by atoms with van der Waals surface area (Å²) in [6.07, 6.45) is 1.58. The number of carbonyl (C=O) groups is 1. The van der Waals surface area contributed by atoms with Crippen LogP contribution in [-0.2, 0) is 0 Å². The lowest BCUT2D eigenvalue weighted by Crippen LogP contribution is -2.49. The number of nitro groups is 1. The lowest BCUT2D eigenvalue weighted by Gasteiger charge is -2.36. The SMILES string of the molecule is CCC1CN(C(=O)c2cc(Cl)ccc2[N+](=O)[O-])CCC1N. The quantitative estimate of drug-likeness (QED) is 0.686. The Balaban J connectivity index is 2.28. The van der Waals surface area contributed by atoms with E-state index >= 15 is 0 Å². The first-order chi connectivity index (χ1) is 9.93. The van der Waals surface area contributed by atoms with Gasteiger partial charge < -0.3 is 10.6 Å². The minimum atomic E-state index is -0.559. The van der Waals surface area contributed by atoms with Crippen LogP contribution < -0.4 is 5.73 Å². The van der Waals surface area contributed by atoms with Gasteiger partial charge in [0.1, 0.15) is 5.56 Å². The van der Waals surface area contributed by atoms with E-state index in [2.05, 4.69) is 0 Å². The maximum absolute atomic E-state index is 12.6. The summed E-state index contributed by atoms with van der Waals surface area (Å²) in [6, 6.07) is 4.12. The van der Waals surface area contributed by atoms with Crippen LogP contribution in [0.15, 0.2) is 18.2 Å². The summed E-state index contributed by atoms with van der Waals surface area (Å²) in [4.78, 5) is 24.7. The van der Waals surface area contributed by atoms with E-state index in [4.69, 9.17) is 17.3 Å². The third kappa shape index (κ3) is 3.33. The molecule has 1 saturated heterocycles. The van der Waals surface area contributed by atoms with Gasteiger partial charge in [0.2, 0.25) is 0 Å². The van der Waals surface area contributed by atoms with E-state index in [1.807, 2.05) is 6.92 Å². The van der Waals surface area contributed by atoms with Gasteiger partial charge in [0, 0.05) is 30.2 Å². The van der Waals surface area contributed by atoms with E-state index in [9.17, 15) is 14.9 Å². The molecular formula is C14H18ClN3O3. The van der Waals surface area contributed by atoms with Gasteiger partial charge in [-0.1, -0.05) is 24.9 Å². The normalized spacial score (nSPS) is 22.1. The van der Waals surface area contributed by atoms with Gasteiger partial charge in [0.05, 0.1) is 4.92 Å². The average molecular weight is 312 g/mol. The standard InChI is InChI=1S/C14H18ClN3O3/c1-2-9-8-17(6-5-12(9)16)14(19)11-7-10(15)3-4-13(11)18(20)21/h3-4,7,9,12H,2,5-6,8,16H2,1H3. The molecular weight excluding hydrogens is 294 g/mol. The van der Waals surface area contributed by atoms with Crippen molar-refractivity contribution in [3.63, 3.8) is 0 Å². The zero-order chi connectivity index (χ0) is 15.6. The van der Waals surface area contributed by atoms with Crippen molar-refractivity contribution >= 4 is 23.2 Å². The minimum absolute atomic E-state index is 0.0397. The van der Waals surface area contributed by atoms with Gasteiger partial charge >= 0.3 is 0 Å². The summed E-state index contributed by atoms with van der Waals surface area (Å²) < 4.78 is 0. The van der Waals surface area contributed by atoms with Gasteiger partial charge in [-0.2, -0.15) is 0 Å². The Morgan fingerprint density at radius 3 is 2.90 bits per heavy atom. The Hall–Kier alpha value is -1.66. The minimum Gasteiger partial charge on any atom is -0.338 e. The number of nitro benzene ring substituents is 1. The Kier molecular flexibility index (Phi) is 4.80. The maximum Gasteiger partial charge on any atom is 0.282 e. The first-order valence-electron chi connectivity index (χ1n) is 6.92. The smallest absolute Gasteiger partial charge is 0.282 e. The van der Waals surface area contributed by atoms with Crippen LogP contribution in [-0.4, -0.2) is 34.9 Å². The molecule has 114 valence electrons. The number of carbonyl (C=O) groups excluding carboxylic acids is 1. The summed E-state index contributed by atoms with van der Waals surface area (Å²) in [5.74, 6) is -0.129. The van der Waals surface area contributed by atoms with Crippen molar-refractivity contribution in [1.82, 2.24) is 4.90 Å². The highest BCUT2D eigenvalue weighted by Gasteiger charge is 2.31. The van der Waals surface area contributed by atoms with E-state index in [1.165, 1.54) is 18.2 Å². The molecule has 2 unspecified atom stereocenters. The summed E-state index contributed by atoms with van der Waals surface area (Å²) in [5.41, 5.74) is 5.85. The number of amides is 1. The number of halogens is 1. The molecule has 6 nitrogen and oxygen atoms in total. The molecule has 1 heterocycles. The van der Waals surface area contributed by atoms with Crippen molar-refractivity contribution in [2.75, 3.05) is 13.1 Å². The second-order valence-corrected chi connectivity index (χ2v) is 5.73. The van der Waals surface area contributed by atoms with Crippen molar-refractivity contribution in [3.05, 3.63) is 38.9 Å². The van der Waals surface area contributed by atoms with Crippen LogP contribution in [0.1, 0.15) is 30.1 Å². The van der Waals surface area contributed by atoms with Gasteiger partial charge in [-0.3, -0.25) is 14.9 Å². The molecule has 0 aromatic heterocycles. The number of rotatable bonds is 3. The second kappa shape index (κ2) is 6.41. The summed E-state index contributed by atoms with van der Waals surface area (Å²) in [6.45, 7) is 3.07. The Bertz CT molecular complexity index is 564. The largest absolute Gasteiger partial charge is 0.338 e. The lowest BCUT2D eigenvalue weighted by atomic mass is 9.90. The molecule has 0 saturated carbocycles. The first-order valence-corrected chi connectivity index (χ1v) is 7.30. The molecule has 1 aliphatic rings. The summed E-state index contributed by atoms with van der Waals surface area (Å²) in [7, 11) is 0. The average Bonchev–Trinajstić information content (AvgIpc) is 2.46. The monoisotopic (exact) mass is 311 g/mol. The van der Waals surface area contributed by atoms with Gasteiger partial charge in [-0.25, -0.2) is 0 Å². The van der Waals surface area contributed by atoms with Crippen LogP contribution in [0.3, 0.4) is 0 Å². The van der Waals surface area contributed by atoms with Gasteiger partial charge in [-0.05, 0) is 24.5 Å². The molecule has 0 aliphatic carbocycles. The number of benzene rings is 1. The van der Waals surface area contributed by atoms with E-state index < -0.39 is 4.92 Å². The molecule has 2 N–H and O–H groups in total. The molecule has 0 radical (unpaired) electrons. The summed E-state index contributed by atoms with van der Waals surface area (Å²) in [5, 5.41) is 11.4. The fraction of sp³-hybridized carbons (Fsp3) is 0.500. The molecule has 2 atom stereocenters. The molecule has 0 spiro atoms. The number of nitrogens with zero attached hydrogens (tertiary/aromatic N) is 2. The molecule has 1 aromatic carbocycles. The predicted molar refractivity (Wildman–Crippen MR) is 80.4 cm³/mol. The zero-order valence-electron chi connectivity index (χ0n) is 11.8. The Morgan fingerprint density at radius 2 is 2.29 bits per heavy atom. The number of hydrogen-bond acceptors (Lipinski definition) is 4. The number of nitrogens with two attached hydrogens (primary N) is 1. The highest BCUT2D eigenvalue weighted by molar-refractivity contribution is 6.31. The van der Waals surface area contributed by atoms with Gasteiger partial charge in [0.15, 0.2) is 0 Å². The molecule has 7 heteroatoms. The van der Waals surface area contributed by atoms with Crippen LogP contribution in [0.4, 0.5) is 5.69 Å². The van der Waals surface area contributed by atoms with Crippen molar-refractivity contribution in [2.24, 2.45) is 11.7 Å². The molecule has 0 bridgehead atoms. The maximum atomic E-state index is 12.6. The fourth-order valence-electron chi connectivity index (χ4n) is 2.68. The predicted octanol–water partition coefficient (Wildman–Crippen LogP) is 2.45. The highest BCUT2D eigenvalue weighted by Crippen LogP contribution is 2.26. The highest BCUT2D eigenvalue weighted by atomic mass is 35.5. The van der Waals surface area contributed by atoms with E-state index in [1.54, 1.807) is 4.90 Å². The molecule has 1 aromatic rings. The Labute approximate surface area is 128 Å². The van der Waals surface area contributed by atoms with E-state index in [0.717, 1.165) is 6.42 Å². The van der Waals surface area contributed by atoms with Crippen LogP contribution in [0.5, 0.6) is 0 Å². The summed E-state index contributed by atoms with van der Waals surface area (Å²) >= 11 is 5.87. The Morgan fingerprint density at radius 1 is 1.57 bits per heavy atom. The topological polar surface area (TPSA) is 89.5 Å². The third-order valence-electron chi connectivity index (χ3n) is 3.99. The van der Waals surface area contributed by atoms with Crippen molar-refractivity contribution in [1.29, 1.82) is 0 Å². The second-order valence-electron chi connectivity index (χ2n) is 5.29. The van der Waals surface area contributed by atoms with Crippen molar-refractivity contribution in [2.45, 2.75) is 25.8 Å².